The molecule has 0 radical (unpaired) electrons. The number of nitrogens with one attached hydrogen (secondary N) is 1. The molecule has 90 valence electrons. The SMILES string of the molecule is CC1Oc2ccc(OC3CCC3)cc2NC1=O. The molecule has 1 aromatic rings. The standard InChI is InChI=1S/C13H15NO3/c1-8-13(15)14-11-7-10(5-6-12(11)16-8)17-9-3-2-4-9/h5-9H,2-4H2,1H3,(H,14,15). The number of amides is 1. The van der Waals surface area contributed by atoms with Crippen LogP contribution < -0.4 is 14.8 Å². The van der Waals surface area contributed by atoms with Crippen molar-refractivity contribution < 1.29 is 14.3 Å². The lowest BCUT2D eigenvalue weighted by Crippen LogP contribution is -2.34. The molecule has 1 aliphatic heterocycles. The molecule has 0 spiro atoms. The van der Waals surface area contributed by atoms with E-state index < -0.39 is 6.10 Å². The third-order valence-corrected chi connectivity index (χ3v) is 3.24. The molecule has 4 heteroatoms. The van der Waals surface area contributed by atoms with Crippen molar-refractivity contribution in [3.63, 3.8) is 0 Å². The zero-order valence-electron chi connectivity index (χ0n) is 9.73. The van der Waals surface area contributed by atoms with Gasteiger partial charge in [-0.1, -0.05) is 0 Å². The topological polar surface area (TPSA) is 47.6 Å². The number of anilines is 1. The van der Waals surface area contributed by atoms with Crippen LogP contribution in [-0.4, -0.2) is 18.1 Å². The maximum absolute atomic E-state index is 11.5. The second-order valence-corrected chi connectivity index (χ2v) is 4.58. The Kier molecular flexibility index (Phi) is 2.42. The van der Waals surface area contributed by atoms with Crippen LogP contribution in [0.2, 0.25) is 0 Å². The van der Waals surface area contributed by atoms with Crippen molar-refractivity contribution in [2.45, 2.75) is 38.4 Å². The van der Waals surface area contributed by atoms with E-state index >= 15 is 0 Å². The van der Waals surface area contributed by atoms with E-state index in [0.717, 1.165) is 18.6 Å². The van der Waals surface area contributed by atoms with Crippen molar-refractivity contribution >= 4 is 11.6 Å². The first-order valence-corrected chi connectivity index (χ1v) is 6.00. The van der Waals surface area contributed by atoms with Crippen molar-refractivity contribution in [3.05, 3.63) is 18.2 Å². The monoisotopic (exact) mass is 233 g/mol. The number of fused-ring (bicyclic) bond motifs is 1. The third-order valence-electron chi connectivity index (χ3n) is 3.24. The molecule has 0 saturated heterocycles. The molecule has 1 atom stereocenters. The highest BCUT2D eigenvalue weighted by Crippen LogP contribution is 2.34. The average Bonchev–Trinajstić information content (AvgIpc) is 2.25. The van der Waals surface area contributed by atoms with E-state index in [1.54, 1.807) is 6.92 Å². The number of ether oxygens (including phenoxy) is 2. The van der Waals surface area contributed by atoms with E-state index in [1.807, 2.05) is 18.2 Å². The predicted molar refractivity (Wildman–Crippen MR) is 63.4 cm³/mol. The largest absolute Gasteiger partial charge is 0.490 e. The van der Waals surface area contributed by atoms with Crippen LogP contribution in [0.4, 0.5) is 5.69 Å². The Morgan fingerprint density at radius 3 is 2.94 bits per heavy atom. The van der Waals surface area contributed by atoms with Gasteiger partial charge in [0.05, 0.1) is 11.8 Å². The normalized spacial score (nSPS) is 23.1. The lowest BCUT2D eigenvalue weighted by molar-refractivity contribution is -0.122. The van der Waals surface area contributed by atoms with Gasteiger partial charge in [0.25, 0.3) is 5.91 Å². The second-order valence-electron chi connectivity index (χ2n) is 4.58. The molecule has 0 bridgehead atoms. The lowest BCUT2D eigenvalue weighted by atomic mass is 9.96. The Hall–Kier alpha value is -1.71. The zero-order chi connectivity index (χ0) is 11.8. The molecule has 1 saturated carbocycles. The van der Waals surface area contributed by atoms with Crippen molar-refractivity contribution in [3.8, 4) is 11.5 Å². The number of carbonyl (C=O) groups is 1. The summed E-state index contributed by atoms with van der Waals surface area (Å²) in [7, 11) is 0. The Morgan fingerprint density at radius 2 is 2.24 bits per heavy atom. The van der Waals surface area contributed by atoms with E-state index in [1.165, 1.54) is 6.42 Å². The molecule has 4 nitrogen and oxygen atoms in total. The van der Waals surface area contributed by atoms with Crippen LogP contribution in [0.3, 0.4) is 0 Å². The van der Waals surface area contributed by atoms with Gasteiger partial charge in [0.15, 0.2) is 6.10 Å². The first kappa shape index (κ1) is 10.4. The summed E-state index contributed by atoms with van der Waals surface area (Å²) in [6.07, 6.45) is 3.40. The minimum Gasteiger partial charge on any atom is -0.490 e. The van der Waals surface area contributed by atoms with Gasteiger partial charge in [0, 0.05) is 6.07 Å². The van der Waals surface area contributed by atoms with Crippen LogP contribution in [0.1, 0.15) is 26.2 Å². The van der Waals surface area contributed by atoms with Crippen molar-refractivity contribution in [1.82, 2.24) is 0 Å². The summed E-state index contributed by atoms with van der Waals surface area (Å²) in [5.74, 6) is 1.39. The molecular weight excluding hydrogens is 218 g/mol. The quantitative estimate of drug-likeness (QED) is 0.852. The highest BCUT2D eigenvalue weighted by atomic mass is 16.5. The minimum absolute atomic E-state index is 0.113. The molecule has 1 aliphatic carbocycles. The highest BCUT2D eigenvalue weighted by molar-refractivity contribution is 5.97. The summed E-state index contributed by atoms with van der Waals surface area (Å²) < 4.78 is 11.2. The molecule has 3 rings (SSSR count). The van der Waals surface area contributed by atoms with E-state index in [0.29, 0.717) is 17.5 Å². The van der Waals surface area contributed by atoms with Gasteiger partial charge in [-0.05, 0) is 38.3 Å². The summed E-state index contributed by atoms with van der Waals surface area (Å²) in [6.45, 7) is 1.73. The van der Waals surface area contributed by atoms with Gasteiger partial charge in [0.2, 0.25) is 0 Å². The smallest absolute Gasteiger partial charge is 0.265 e. The molecule has 1 N–H and O–H groups in total. The fourth-order valence-electron chi connectivity index (χ4n) is 1.94. The molecule has 1 amide bonds. The molecular formula is C13H15NO3. The number of rotatable bonds is 2. The molecule has 1 fully saturated rings. The van der Waals surface area contributed by atoms with Crippen LogP contribution >= 0.6 is 0 Å². The van der Waals surface area contributed by atoms with Gasteiger partial charge in [0.1, 0.15) is 11.5 Å². The van der Waals surface area contributed by atoms with E-state index in [9.17, 15) is 4.79 Å². The Morgan fingerprint density at radius 1 is 1.41 bits per heavy atom. The molecule has 2 aliphatic rings. The average molecular weight is 233 g/mol. The van der Waals surface area contributed by atoms with Gasteiger partial charge in [-0.2, -0.15) is 0 Å². The maximum atomic E-state index is 11.5. The molecule has 0 aromatic heterocycles. The Balaban J connectivity index is 1.80. The Bertz CT molecular complexity index is 454. The van der Waals surface area contributed by atoms with Crippen LogP contribution in [0.25, 0.3) is 0 Å². The van der Waals surface area contributed by atoms with Crippen LogP contribution in [0.5, 0.6) is 11.5 Å². The molecule has 17 heavy (non-hydrogen) atoms. The van der Waals surface area contributed by atoms with Crippen LogP contribution in [0.15, 0.2) is 18.2 Å². The summed E-state index contributed by atoms with van der Waals surface area (Å²) in [5.41, 5.74) is 0.699. The predicted octanol–water partition coefficient (Wildman–Crippen LogP) is 2.34. The summed E-state index contributed by atoms with van der Waals surface area (Å²) in [4.78, 5) is 11.5. The summed E-state index contributed by atoms with van der Waals surface area (Å²) in [6, 6.07) is 5.57. The van der Waals surface area contributed by atoms with Crippen molar-refractivity contribution in [1.29, 1.82) is 0 Å². The fourth-order valence-corrected chi connectivity index (χ4v) is 1.94. The minimum atomic E-state index is -0.430. The fraction of sp³-hybridized carbons (Fsp3) is 0.462. The van der Waals surface area contributed by atoms with Crippen molar-refractivity contribution in [2.75, 3.05) is 5.32 Å². The third kappa shape index (κ3) is 1.95. The van der Waals surface area contributed by atoms with Gasteiger partial charge < -0.3 is 14.8 Å². The Labute approximate surface area is 99.9 Å². The van der Waals surface area contributed by atoms with Gasteiger partial charge in [-0.3, -0.25) is 4.79 Å². The highest BCUT2D eigenvalue weighted by Gasteiger charge is 2.24. The van der Waals surface area contributed by atoms with Crippen LogP contribution in [0, 0.1) is 0 Å². The molecule has 1 unspecified atom stereocenters. The van der Waals surface area contributed by atoms with E-state index in [-0.39, 0.29) is 5.91 Å². The first-order valence-electron chi connectivity index (χ1n) is 6.00. The van der Waals surface area contributed by atoms with Crippen LogP contribution in [-0.2, 0) is 4.79 Å². The lowest BCUT2D eigenvalue weighted by Gasteiger charge is -2.28. The van der Waals surface area contributed by atoms with E-state index in [4.69, 9.17) is 9.47 Å². The zero-order valence-corrected chi connectivity index (χ0v) is 9.73. The molecule has 1 heterocycles. The van der Waals surface area contributed by atoms with E-state index in [2.05, 4.69) is 5.32 Å². The second kappa shape index (κ2) is 3.95. The molecule has 1 aromatic carbocycles. The number of hydrogen-bond acceptors (Lipinski definition) is 3. The first-order chi connectivity index (χ1) is 8.22. The number of benzene rings is 1. The van der Waals surface area contributed by atoms with Crippen molar-refractivity contribution in [2.24, 2.45) is 0 Å². The summed E-state index contributed by atoms with van der Waals surface area (Å²) >= 11 is 0. The number of carbonyl (C=O) groups excluding carboxylic acids is 1. The summed E-state index contributed by atoms with van der Waals surface area (Å²) in [5, 5.41) is 2.82. The number of hydrogen-bond donors (Lipinski definition) is 1. The van der Waals surface area contributed by atoms with Gasteiger partial charge in [-0.25, -0.2) is 0 Å². The van der Waals surface area contributed by atoms with Gasteiger partial charge >= 0.3 is 0 Å². The van der Waals surface area contributed by atoms with Gasteiger partial charge in [-0.15, -0.1) is 0 Å². The maximum Gasteiger partial charge on any atom is 0.265 e.